The molecule has 2 saturated carbocycles. The molecule has 3 nitrogen and oxygen atoms in total. The number of fused-ring (bicyclic) bond motifs is 5. The first-order valence-electron chi connectivity index (χ1n) is 8.63. The van der Waals surface area contributed by atoms with Crippen LogP contribution < -0.4 is 5.73 Å². The molecule has 126 valence electrons. The summed E-state index contributed by atoms with van der Waals surface area (Å²) in [6.45, 7) is 4.48. The van der Waals surface area contributed by atoms with Gasteiger partial charge in [0.05, 0.1) is 5.70 Å². The summed E-state index contributed by atoms with van der Waals surface area (Å²) in [5.41, 5.74) is 7.58. The van der Waals surface area contributed by atoms with Crippen molar-refractivity contribution in [1.82, 2.24) is 0 Å². The van der Waals surface area contributed by atoms with Crippen LogP contribution in [0.4, 0.5) is 0 Å². The highest BCUT2D eigenvalue weighted by Gasteiger charge is 2.58. The second-order valence-corrected chi connectivity index (χ2v) is 8.24. The average Bonchev–Trinajstić information content (AvgIpc) is 2.79. The van der Waals surface area contributed by atoms with Gasteiger partial charge in [-0.2, -0.15) is 0 Å². The molecule has 0 bridgehead atoms. The highest BCUT2D eigenvalue weighted by Crippen LogP contribution is 2.62. The topological polar surface area (TPSA) is 60.2 Å². The number of halogens is 1. The number of carbonyl (C=O) groups excluding carboxylic acids is 2. The summed E-state index contributed by atoms with van der Waals surface area (Å²) in [6.07, 6.45) is 9.73. The summed E-state index contributed by atoms with van der Waals surface area (Å²) in [7, 11) is 0. The van der Waals surface area contributed by atoms with Crippen LogP contribution in [0, 0.1) is 28.6 Å². The van der Waals surface area contributed by atoms with Crippen molar-refractivity contribution in [2.45, 2.75) is 52.4 Å². The molecule has 0 aromatic carbocycles. The zero-order valence-electron chi connectivity index (χ0n) is 13.9. The molecule has 0 aromatic rings. The summed E-state index contributed by atoms with van der Waals surface area (Å²) in [5, 5.41) is 0. The third kappa shape index (κ3) is 2.02. The van der Waals surface area contributed by atoms with E-state index in [1.54, 1.807) is 0 Å². The van der Waals surface area contributed by atoms with E-state index in [0.29, 0.717) is 35.7 Å². The highest BCUT2D eigenvalue weighted by molar-refractivity contribution is 5.97. The van der Waals surface area contributed by atoms with Crippen molar-refractivity contribution in [2.75, 3.05) is 0 Å². The van der Waals surface area contributed by atoms with Crippen LogP contribution in [-0.2, 0) is 9.59 Å². The minimum Gasteiger partial charge on any atom is -0.396 e. The largest absolute Gasteiger partial charge is 0.396 e. The Bertz CT molecular complexity index is 637. The number of hydrogen-bond donors (Lipinski definition) is 1. The van der Waals surface area contributed by atoms with Crippen LogP contribution in [-0.4, -0.2) is 11.6 Å². The number of allylic oxidation sites excluding steroid dienone is 4. The van der Waals surface area contributed by atoms with E-state index in [4.69, 9.17) is 5.73 Å². The Kier molecular flexibility index (Phi) is 3.79. The van der Waals surface area contributed by atoms with Gasteiger partial charge in [0.15, 0.2) is 5.78 Å². The Hall–Kier alpha value is -1.09. The number of nitrogens with two attached hydrogens (primary N) is 1. The Morgan fingerprint density at radius 3 is 2.48 bits per heavy atom. The van der Waals surface area contributed by atoms with Gasteiger partial charge in [0.1, 0.15) is 5.78 Å². The zero-order valence-corrected chi connectivity index (χ0v) is 14.7. The van der Waals surface area contributed by atoms with Gasteiger partial charge < -0.3 is 5.73 Å². The van der Waals surface area contributed by atoms with Crippen LogP contribution in [0.1, 0.15) is 52.4 Å². The Morgan fingerprint density at radius 1 is 1.04 bits per heavy atom. The van der Waals surface area contributed by atoms with Gasteiger partial charge in [0.25, 0.3) is 0 Å². The molecule has 0 aromatic heterocycles. The molecule has 0 radical (unpaired) electrons. The molecule has 4 aliphatic rings. The van der Waals surface area contributed by atoms with E-state index in [1.165, 1.54) is 0 Å². The van der Waals surface area contributed by atoms with Crippen LogP contribution >= 0.6 is 12.4 Å². The van der Waals surface area contributed by atoms with E-state index < -0.39 is 0 Å². The van der Waals surface area contributed by atoms with Gasteiger partial charge in [0.2, 0.25) is 0 Å². The fourth-order valence-electron chi connectivity index (χ4n) is 5.95. The maximum Gasteiger partial charge on any atom is 0.178 e. The fraction of sp³-hybridized carbons (Fsp3) is 0.684. The number of Topliss-reactive ketones (excluding diaryl/α,β-unsaturated/α-hetero) is 2. The molecule has 5 atom stereocenters. The second kappa shape index (κ2) is 5.20. The third-order valence-corrected chi connectivity index (χ3v) is 7.42. The van der Waals surface area contributed by atoms with E-state index >= 15 is 0 Å². The van der Waals surface area contributed by atoms with Crippen LogP contribution in [0.15, 0.2) is 23.4 Å². The first-order chi connectivity index (χ1) is 10.4. The Morgan fingerprint density at radius 2 is 1.74 bits per heavy atom. The van der Waals surface area contributed by atoms with Gasteiger partial charge >= 0.3 is 0 Å². The quantitative estimate of drug-likeness (QED) is 0.736. The third-order valence-electron chi connectivity index (χ3n) is 7.42. The molecule has 0 aliphatic heterocycles. The molecule has 23 heavy (non-hydrogen) atoms. The van der Waals surface area contributed by atoms with E-state index in [0.717, 1.165) is 37.7 Å². The lowest BCUT2D eigenvalue weighted by molar-refractivity contribution is -0.130. The molecule has 0 saturated heterocycles. The summed E-state index contributed by atoms with van der Waals surface area (Å²) in [5.74, 6) is 2.05. The molecule has 0 amide bonds. The van der Waals surface area contributed by atoms with Crippen molar-refractivity contribution in [1.29, 1.82) is 0 Å². The number of hydrogen-bond acceptors (Lipinski definition) is 3. The van der Waals surface area contributed by atoms with Crippen molar-refractivity contribution in [3.63, 3.8) is 0 Å². The number of carbonyl (C=O) groups is 2. The molecule has 4 aliphatic carbocycles. The number of rotatable bonds is 0. The van der Waals surface area contributed by atoms with Gasteiger partial charge in [-0.3, -0.25) is 9.59 Å². The molecule has 0 heterocycles. The normalized spacial score (nSPS) is 45.2. The highest BCUT2D eigenvalue weighted by atomic mass is 35.5. The van der Waals surface area contributed by atoms with E-state index in [2.05, 4.69) is 26.0 Å². The van der Waals surface area contributed by atoms with Gasteiger partial charge in [-0.05, 0) is 54.4 Å². The molecule has 4 rings (SSSR count). The maximum atomic E-state index is 12.4. The molecular weight excluding hydrogens is 310 g/mol. The van der Waals surface area contributed by atoms with Gasteiger partial charge in [-0.1, -0.05) is 26.0 Å². The van der Waals surface area contributed by atoms with E-state index in [-0.39, 0.29) is 29.0 Å². The molecule has 5 unspecified atom stereocenters. The average molecular weight is 336 g/mol. The smallest absolute Gasteiger partial charge is 0.178 e. The predicted octanol–water partition coefficient (Wildman–Crippen LogP) is 3.57. The minimum atomic E-state index is -0.112. The first-order valence-corrected chi connectivity index (χ1v) is 8.63. The second-order valence-electron chi connectivity index (χ2n) is 8.24. The van der Waals surface area contributed by atoms with Gasteiger partial charge in [-0.25, -0.2) is 0 Å². The van der Waals surface area contributed by atoms with E-state index in [9.17, 15) is 9.59 Å². The van der Waals surface area contributed by atoms with E-state index in [1.807, 2.05) is 0 Å². The molecule has 2 fully saturated rings. The van der Waals surface area contributed by atoms with Crippen LogP contribution in [0.3, 0.4) is 0 Å². The summed E-state index contributed by atoms with van der Waals surface area (Å²) >= 11 is 0. The number of ketones is 2. The minimum absolute atomic E-state index is 0. The lowest BCUT2D eigenvalue weighted by Crippen LogP contribution is -2.50. The molecule has 0 spiro atoms. The monoisotopic (exact) mass is 335 g/mol. The van der Waals surface area contributed by atoms with Crippen molar-refractivity contribution in [3.8, 4) is 0 Å². The summed E-state index contributed by atoms with van der Waals surface area (Å²) in [6, 6.07) is 0. The first kappa shape index (κ1) is 16.8. The molecule has 2 N–H and O–H groups in total. The van der Waals surface area contributed by atoms with Crippen LogP contribution in [0.5, 0.6) is 0 Å². The molecular formula is C19H26ClNO2. The fourth-order valence-corrected chi connectivity index (χ4v) is 5.95. The zero-order chi connectivity index (χ0) is 15.7. The lowest BCUT2D eigenvalue weighted by Gasteiger charge is -2.54. The van der Waals surface area contributed by atoms with Crippen molar-refractivity contribution in [3.05, 3.63) is 23.4 Å². The Balaban J connectivity index is 0.00000156. The maximum absolute atomic E-state index is 12.4. The van der Waals surface area contributed by atoms with Crippen molar-refractivity contribution < 1.29 is 9.59 Å². The van der Waals surface area contributed by atoms with Crippen LogP contribution in [0.25, 0.3) is 0 Å². The Labute approximate surface area is 144 Å². The standard InChI is InChI=1S/C19H25NO2.ClH/c1-18-10-8-15(21)17(20)14(18)4-3-11-12-5-6-16(22)19(12,2)9-7-13(11)18;/h3-4,11-13H,5-10,20H2,1-2H3;1H. The van der Waals surface area contributed by atoms with Gasteiger partial charge in [0, 0.05) is 18.3 Å². The van der Waals surface area contributed by atoms with Gasteiger partial charge in [-0.15, -0.1) is 12.4 Å². The summed E-state index contributed by atoms with van der Waals surface area (Å²) in [4.78, 5) is 24.3. The van der Waals surface area contributed by atoms with Crippen molar-refractivity contribution >= 4 is 24.0 Å². The SMILES string of the molecule is CC12CCC3C(C=CC4=C(N)C(=O)CCC43C)C1CCC2=O.Cl. The summed E-state index contributed by atoms with van der Waals surface area (Å²) < 4.78 is 0. The van der Waals surface area contributed by atoms with Crippen LogP contribution in [0.2, 0.25) is 0 Å². The lowest BCUT2D eigenvalue weighted by atomic mass is 9.49. The molecule has 4 heteroatoms. The van der Waals surface area contributed by atoms with Crippen molar-refractivity contribution in [2.24, 2.45) is 34.3 Å². The predicted molar refractivity (Wildman–Crippen MR) is 92.0 cm³/mol.